The Morgan fingerprint density at radius 3 is 1.43 bits per heavy atom. The second-order valence-corrected chi connectivity index (χ2v) is 16.2. The minimum atomic E-state index is -1.74. The van der Waals surface area contributed by atoms with E-state index in [2.05, 4.69) is 63.5 Å². The number of ether oxygens (including phenoxy) is 2. The molecule has 6 aromatic carbocycles. The first-order chi connectivity index (χ1) is 27.3. The maximum absolute atomic E-state index is 11.5. The van der Waals surface area contributed by atoms with Gasteiger partial charge in [-0.1, -0.05) is 136 Å². The maximum atomic E-state index is 11.5. The number of hydrogen-bond acceptors (Lipinski definition) is 8. The van der Waals surface area contributed by atoms with Gasteiger partial charge in [-0.25, -0.2) is 9.59 Å². The van der Waals surface area contributed by atoms with Crippen LogP contribution in [0.3, 0.4) is 0 Å². The van der Waals surface area contributed by atoms with Gasteiger partial charge in [0.05, 0.1) is 22.5 Å². The van der Waals surface area contributed by atoms with Crippen molar-refractivity contribution in [3.63, 3.8) is 0 Å². The Morgan fingerprint density at radius 2 is 0.983 bits per heavy atom. The molecule has 10 nitrogen and oxygen atoms in total. The molecule has 0 aliphatic rings. The molecule has 0 aliphatic heterocycles. The quantitative estimate of drug-likeness (QED) is 0.0636. The highest BCUT2D eigenvalue weighted by atomic mass is 79.9. The molecule has 6 aromatic rings. The molecule has 12 heteroatoms. The number of anilines is 2. The normalized spacial score (nSPS) is 10.9. The van der Waals surface area contributed by atoms with Gasteiger partial charge in [0.1, 0.15) is 23.0 Å². The van der Waals surface area contributed by atoms with Crippen LogP contribution in [-0.4, -0.2) is 39.3 Å². The lowest BCUT2D eigenvalue weighted by Crippen LogP contribution is -2.34. The molecule has 0 amide bonds. The molecule has 0 fully saturated rings. The van der Waals surface area contributed by atoms with Crippen molar-refractivity contribution in [2.75, 3.05) is 11.5 Å². The highest BCUT2D eigenvalue weighted by Gasteiger charge is 2.21. The average molecular weight is 848 g/mol. The maximum Gasteiger partial charge on any atom is 0.489 e. The molecule has 300 valence electrons. The number of nitrogens with two attached hydrogens (primary N) is 2. The number of hydrogen-bond donors (Lipinski definition) is 6. The lowest BCUT2D eigenvalue weighted by atomic mass is 9.77. The molecule has 0 bridgehead atoms. The summed E-state index contributed by atoms with van der Waals surface area (Å²) in [6.07, 6.45) is 0. The Morgan fingerprint density at radius 1 is 0.552 bits per heavy atom. The van der Waals surface area contributed by atoms with E-state index in [1.807, 2.05) is 72.8 Å². The fourth-order valence-corrected chi connectivity index (χ4v) is 6.23. The topological polar surface area (TPSA) is 186 Å². The van der Waals surface area contributed by atoms with Crippen LogP contribution in [0.25, 0.3) is 11.1 Å². The number of nitrogen functional groups attached to an aromatic ring is 2. The van der Waals surface area contributed by atoms with Gasteiger partial charge < -0.3 is 41.2 Å². The molecule has 58 heavy (non-hydrogen) atoms. The smallest absolute Gasteiger partial charge is 0.478 e. The Balaban J connectivity index is 0.000000209. The average Bonchev–Trinajstić information content (AvgIpc) is 3.17. The molecule has 0 aliphatic carbocycles. The zero-order valence-electron chi connectivity index (χ0n) is 33.2. The van der Waals surface area contributed by atoms with E-state index in [1.54, 1.807) is 36.4 Å². The largest absolute Gasteiger partial charge is 0.489 e. The molecule has 0 atom stereocenters. The molecule has 0 saturated carbocycles. The van der Waals surface area contributed by atoms with Crippen molar-refractivity contribution in [1.82, 2.24) is 0 Å². The van der Waals surface area contributed by atoms with E-state index >= 15 is 0 Å². The monoisotopic (exact) mass is 846 g/mol. The summed E-state index contributed by atoms with van der Waals surface area (Å²) < 4.78 is 13.0. The van der Waals surface area contributed by atoms with Crippen LogP contribution in [-0.2, 0) is 10.8 Å². The van der Waals surface area contributed by atoms with E-state index in [0.29, 0.717) is 28.4 Å². The van der Waals surface area contributed by atoms with Gasteiger partial charge in [0.15, 0.2) is 0 Å². The van der Waals surface area contributed by atoms with Gasteiger partial charge in [-0.2, -0.15) is 0 Å². The van der Waals surface area contributed by atoms with E-state index in [0.717, 1.165) is 32.7 Å². The lowest BCUT2D eigenvalue weighted by Gasteiger charge is -2.23. The summed E-state index contributed by atoms with van der Waals surface area (Å²) in [5, 5.41) is 35.5. The van der Waals surface area contributed by atoms with E-state index in [9.17, 15) is 14.7 Å². The van der Waals surface area contributed by atoms with Crippen molar-refractivity contribution in [1.29, 1.82) is 0 Å². The zero-order valence-corrected chi connectivity index (χ0v) is 34.8. The van der Waals surface area contributed by atoms with Crippen molar-refractivity contribution in [3.8, 4) is 34.1 Å². The van der Waals surface area contributed by atoms with Gasteiger partial charge in [0, 0.05) is 15.6 Å². The van der Waals surface area contributed by atoms with Crippen LogP contribution >= 0.6 is 15.9 Å². The Labute approximate surface area is 348 Å². The first kappa shape index (κ1) is 44.6. The van der Waals surface area contributed by atoms with Crippen LogP contribution in [0.2, 0.25) is 0 Å². The van der Waals surface area contributed by atoms with Gasteiger partial charge in [0.25, 0.3) is 0 Å². The highest BCUT2D eigenvalue weighted by Crippen LogP contribution is 2.38. The minimum Gasteiger partial charge on any atom is -0.478 e. The molecule has 0 spiro atoms. The summed E-state index contributed by atoms with van der Waals surface area (Å²) in [4.78, 5) is 22.0. The van der Waals surface area contributed by atoms with Crippen LogP contribution < -0.4 is 26.4 Å². The van der Waals surface area contributed by atoms with Crippen LogP contribution in [0, 0.1) is 0 Å². The molecule has 6 rings (SSSR count). The first-order valence-electron chi connectivity index (χ1n) is 18.3. The Kier molecular flexibility index (Phi) is 14.9. The zero-order chi connectivity index (χ0) is 42.8. The number of carboxylic acid groups (broad SMARTS) is 2. The molecular weight excluding hydrogens is 799 g/mol. The number of halogens is 1. The fraction of sp³-hybridized carbons (Fsp3) is 0.174. The van der Waals surface area contributed by atoms with Crippen LogP contribution in [0.15, 0.2) is 138 Å². The Bertz CT molecular complexity index is 2370. The van der Waals surface area contributed by atoms with E-state index in [1.165, 1.54) is 18.2 Å². The third-order valence-corrected chi connectivity index (χ3v) is 9.24. The third-order valence-electron chi connectivity index (χ3n) is 8.75. The number of carbonyl (C=O) groups is 2. The number of carboxylic acids is 2. The minimum absolute atomic E-state index is 0.00463. The van der Waals surface area contributed by atoms with Gasteiger partial charge in [-0.05, 0) is 82.0 Å². The van der Waals surface area contributed by atoms with Crippen molar-refractivity contribution in [3.05, 3.63) is 160 Å². The molecule has 0 unspecified atom stereocenters. The molecule has 0 heterocycles. The van der Waals surface area contributed by atoms with Crippen LogP contribution in [0.4, 0.5) is 11.4 Å². The highest BCUT2D eigenvalue weighted by molar-refractivity contribution is 9.10. The summed E-state index contributed by atoms with van der Waals surface area (Å²) >= 11 is 3.39. The van der Waals surface area contributed by atoms with E-state index in [4.69, 9.17) is 36.1 Å². The van der Waals surface area contributed by atoms with Gasteiger partial charge in [-0.3, -0.25) is 0 Å². The van der Waals surface area contributed by atoms with Crippen molar-refractivity contribution in [2.24, 2.45) is 0 Å². The second-order valence-electron chi connectivity index (χ2n) is 15.2. The predicted molar refractivity (Wildman–Crippen MR) is 235 cm³/mol. The van der Waals surface area contributed by atoms with Gasteiger partial charge >= 0.3 is 19.1 Å². The number of para-hydroxylation sites is 2. The third kappa shape index (κ3) is 12.0. The molecule has 0 saturated heterocycles. The Hall–Kier alpha value is -6.08. The van der Waals surface area contributed by atoms with Crippen LogP contribution in [0.5, 0.6) is 23.0 Å². The summed E-state index contributed by atoms with van der Waals surface area (Å²) in [6, 6.07) is 39.5. The number of rotatable bonds is 8. The SMILES string of the molecule is CC(C)(C)c1ccccc1Oc1ccc(-c2ccccc2C(=O)O)cc1N.CC(C)(C)c1ccccc1Oc1ccc(Br)cc1N.O=C(O)c1ccccc1B(O)O. The second kappa shape index (κ2) is 19.4. The first-order valence-corrected chi connectivity index (χ1v) is 19.1. The van der Waals surface area contributed by atoms with E-state index < -0.39 is 19.1 Å². The summed E-state index contributed by atoms with van der Waals surface area (Å²) in [6.45, 7) is 12.9. The number of aromatic carboxylic acids is 2. The number of benzene rings is 6. The molecular formula is C46H48BBrN2O8. The van der Waals surface area contributed by atoms with E-state index in [-0.39, 0.29) is 27.4 Å². The van der Waals surface area contributed by atoms with Crippen molar-refractivity contribution in [2.45, 2.75) is 52.4 Å². The fourth-order valence-electron chi connectivity index (χ4n) is 5.85. The molecule has 8 N–H and O–H groups in total. The summed E-state index contributed by atoms with van der Waals surface area (Å²) in [5.41, 5.74) is 17.0. The van der Waals surface area contributed by atoms with Gasteiger partial charge in [-0.15, -0.1) is 0 Å². The van der Waals surface area contributed by atoms with Crippen LogP contribution in [0.1, 0.15) is 73.4 Å². The summed E-state index contributed by atoms with van der Waals surface area (Å²) in [5.74, 6) is 0.699. The summed E-state index contributed by atoms with van der Waals surface area (Å²) in [7, 11) is -1.74. The molecule has 0 radical (unpaired) electrons. The van der Waals surface area contributed by atoms with Crippen molar-refractivity contribution >= 4 is 51.8 Å². The predicted octanol–water partition coefficient (Wildman–Crippen LogP) is 9.91. The van der Waals surface area contributed by atoms with Crippen molar-refractivity contribution < 1.29 is 39.3 Å². The van der Waals surface area contributed by atoms with Gasteiger partial charge in [0.2, 0.25) is 0 Å². The molecule has 0 aromatic heterocycles. The lowest BCUT2D eigenvalue weighted by molar-refractivity contribution is 0.0687. The standard InChI is InChI=1S/C23H23NO3.C16H18BrNO.C7H7BO4/c1-23(2,3)18-10-6-7-11-20(18)27-21-13-12-15(14-19(21)24)16-8-4-5-9-17(16)22(25)26;1-16(2,3)12-6-4-5-7-14(12)19-15-9-8-11(17)10-13(15)18;9-7(10)5-3-1-2-4-6(5)8(11)12/h4-14H,24H2,1-3H3,(H,25,26);4-10H,18H2,1-3H3;1-4,11-12H,(H,9,10).